The molecule has 2 unspecified atom stereocenters. The molecule has 116 valence electrons. The standard InChI is InChI=1S/C16H24N2O3/c1-12(21-11-14-7-4-5-9-20-14)16(19)18-15-8-3-2-6-13(15)10-17/h2-3,6,8,12,14H,4-5,7,9-11,17H2,1H3,(H,18,19). The number of amides is 1. The van der Waals surface area contributed by atoms with E-state index < -0.39 is 6.10 Å². The summed E-state index contributed by atoms with van der Waals surface area (Å²) in [5.74, 6) is -0.160. The zero-order valence-electron chi connectivity index (χ0n) is 12.5. The molecule has 2 atom stereocenters. The molecule has 1 saturated heterocycles. The Kier molecular flexibility index (Phi) is 6.17. The Balaban J connectivity index is 1.81. The largest absolute Gasteiger partial charge is 0.376 e. The van der Waals surface area contributed by atoms with Crippen molar-refractivity contribution in [1.29, 1.82) is 0 Å². The second-order valence-corrected chi connectivity index (χ2v) is 5.31. The Bertz CT molecular complexity index is 459. The third-order valence-electron chi connectivity index (χ3n) is 3.67. The second kappa shape index (κ2) is 8.12. The van der Waals surface area contributed by atoms with E-state index in [9.17, 15) is 4.79 Å². The number of para-hydroxylation sites is 1. The first-order chi connectivity index (χ1) is 10.2. The third-order valence-corrected chi connectivity index (χ3v) is 3.67. The topological polar surface area (TPSA) is 73.6 Å². The van der Waals surface area contributed by atoms with E-state index in [4.69, 9.17) is 15.2 Å². The lowest BCUT2D eigenvalue weighted by Crippen LogP contribution is -2.33. The van der Waals surface area contributed by atoms with Crippen LogP contribution in [0.2, 0.25) is 0 Å². The van der Waals surface area contributed by atoms with Crippen molar-refractivity contribution in [3.8, 4) is 0 Å². The molecule has 0 bridgehead atoms. The maximum Gasteiger partial charge on any atom is 0.253 e. The number of rotatable bonds is 6. The van der Waals surface area contributed by atoms with Crippen LogP contribution in [0.1, 0.15) is 31.7 Å². The van der Waals surface area contributed by atoms with Crippen molar-refractivity contribution >= 4 is 11.6 Å². The molecule has 0 spiro atoms. The molecule has 1 amide bonds. The fourth-order valence-corrected chi connectivity index (χ4v) is 2.32. The number of carbonyl (C=O) groups excluding carboxylic acids is 1. The van der Waals surface area contributed by atoms with Crippen LogP contribution in [-0.2, 0) is 20.8 Å². The van der Waals surface area contributed by atoms with Crippen molar-refractivity contribution in [1.82, 2.24) is 0 Å². The molecule has 0 aromatic heterocycles. The van der Waals surface area contributed by atoms with Crippen LogP contribution in [0, 0.1) is 0 Å². The second-order valence-electron chi connectivity index (χ2n) is 5.31. The summed E-state index contributed by atoms with van der Waals surface area (Å²) in [6, 6.07) is 7.52. The van der Waals surface area contributed by atoms with Crippen molar-refractivity contribution in [2.45, 2.75) is 44.9 Å². The highest BCUT2D eigenvalue weighted by atomic mass is 16.5. The Morgan fingerprint density at radius 3 is 3.00 bits per heavy atom. The maximum absolute atomic E-state index is 12.1. The van der Waals surface area contributed by atoms with Crippen molar-refractivity contribution in [2.75, 3.05) is 18.5 Å². The lowest BCUT2D eigenvalue weighted by Gasteiger charge is -2.24. The van der Waals surface area contributed by atoms with Gasteiger partial charge in [0.25, 0.3) is 5.91 Å². The number of nitrogens with one attached hydrogen (secondary N) is 1. The molecule has 5 heteroatoms. The van der Waals surface area contributed by atoms with E-state index in [1.807, 2.05) is 24.3 Å². The number of carbonyl (C=O) groups is 1. The molecule has 1 aliphatic rings. The van der Waals surface area contributed by atoms with E-state index in [0.717, 1.165) is 30.7 Å². The minimum atomic E-state index is -0.513. The van der Waals surface area contributed by atoms with Crippen molar-refractivity contribution in [3.63, 3.8) is 0 Å². The number of hydrogen-bond acceptors (Lipinski definition) is 4. The molecule has 1 aromatic carbocycles. The van der Waals surface area contributed by atoms with Gasteiger partial charge in [0.1, 0.15) is 6.10 Å². The van der Waals surface area contributed by atoms with Gasteiger partial charge in [-0.3, -0.25) is 4.79 Å². The predicted octanol–water partition coefficient (Wildman–Crippen LogP) is 2.06. The van der Waals surface area contributed by atoms with Gasteiger partial charge in [-0.1, -0.05) is 18.2 Å². The van der Waals surface area contributed by atoms with E-state index in [0.29, 0.717) is 13.2 Å². The van der Waals surface area contributed by atoms with E-state index in [1.165, 1.54) is 6.42 Å². The number of benzene rings is 1. The Morgan fingerprint density at radius 1 is 1.48 bits per heavy atom. The molecular weight excluding hydrogens is 268 g/mol. The van der Waals surface area contributed by atoms with Gasteiger partial charge in [0.05, 0.1) is 12.7 Å². The van der Waals surface area contributed by atoms with Gasteiger partial charge in [-0.05, 0) is 37.8 Å². The molecule has 1 aliphatic heterocycles. The zero-order valence-corrected chi connectivity index (χ0v) is 12.5. The first-order valence-electron chi connectivity index (χ1n) is 7.52. The number of hydrogen-bond donors (Lipinski definition) is 2. The maximum atomic E-state index is 12.1. The first kappa shape index (κ1) is 15.9. The normalized spacial score (nSPS) is 20.0. The smallest absolute Gasteiger partial charge is 0.253 e. The highest BCUT2D eigenvalue weighted by Gasteiger charge is 2.19. The van der Waals surface area contributed by atoms with Gasteiger partial charge in [0.2, 0.25) is 0 Å². The number of nitrogens with two attached hydrogens (primary N) is 1. The van der Waals surface area contributed by atoms with Crippen LogP contribution in [-0.4, -0.2) is 31.3 Å². The SMILES string of the molecule is CC(OCC1CCCCO1)C(=O)Nc1ccccc1CN. The Labute approximate surface area is 125 Å². The summed E-state index contributed by atoms with van der Waals surface area (Å²) in [4.78, 5) is 12.1. The van der Waals surface area contributed by atoms with Crippen LogP contribution in [0.3, 0.4) is 0 Å². The van der Waals surface area contributed by atoms with Gasteiger partial charge >= 0.3 is 0 Å². The van der Waals surface area contributed by atoms with E-state index in [-0.39, 0.29) is 12.0 Å². The molecule has 1 aromatic rings. The summed E-state index contributed by atoms with van der Waals surface area (Å²) in [5, 5.41) is 2.86. The lowest BCUT2D eigenvalue weighted by molar-refractivity contribution is -0.130. The number of anilines is 1. The fourth-order valence-electron chi connectivity index (χ4n) is 2.32. The predicted molar refractivity (Wildman–Crippen MR) is 82.0 cm³/mol. The van der Waals surface area contributed by atoms with Gasteiger partial charge in [0.15, 0.2) is 0 Å². The molecule has 5 nitrogen and oxygen atoms in total. The summed E-state index contributed by atoms with van der Waals surface area (Å²) < 4.78 is 11.2. The minimum absolute atomic E-state index is 0.116. The molecule has 1 heterocycles. The van der Waals surface area contributed by atoms with Gasteiger partial charge in [0, 0.05) is 18.8 Å². The Hall–Kier alpha value is -1.43. The average molecular weight is 292 g/mol. The molecular formula is C16H24N2O3. The Morgan fingerprint density at radius 2 is 2.29 bits per heavy atom. The first-order valence-corrected chi connectivity index (χ1v) is 7.52. The summed E-state index contributed by atoms with van der Waals surface area (Å²) in [6.45, 7) is 3.40. The van der Waals surface area contributed by atoms with Crippen molar-refractivity contribution in [2.24, 2.45) is 5.73 Å². The summed E-state index contributed by atoms with van der Waals surface area (Å²) in [5.41, 5.74) is 7.32. The fraction of sp³-hybridized carbons (Fsp3) is 0.562. The molecule has 2 rings (SSSR count). The van der Waals surface area contributed by atoms with Crippen molar-refractivity contribution in [3.05, 3.63) is 29.8 Å². The third kappa shape index (κ3) is 4.81. The molecule has 1 fully saturated rings. The summed E-state index contributed by atoms with van der Waals surface area (Å²) >= 11 is 0. The molecule has 3 N–H and O–H groups in total. The molecule has 21 heavy (non-hydrogen) atoms. The van der Waals surface area contributed by atoms with E-state index in [1.54, 1.807) is 6.92 Å². The highest BCUT2D eigenvalue weighted by molar-refractivity contribution is 5.94. The van der Waals surface area contributed by atoms with E-state index >= 15 is 0 Å². The minimum Gasteiger partial charge on any atom is -0.376 e. The molecule has 0 saturated carbocycles. The van der Waals surface area contributed by atoms with Crippen LogP contribution in [0.4, 0.5) is 5.69 Å². The van der Waals surface area contributed by atoms with Crippen LogP contribution >= 0.6 is 0 Å². The highest BCUT2D eigenvalue weighted by Crippen LogP contribution is 2.16. The van der Waals surface area contributed by atoms with E-state index in [2.05, 4.69) is 5.32 Å². The number of ether oxygens (including phenoxy) is 2. The van der Waals surface area contributed by atoms with Crippen LogP contribution < -0.4 is 11.1 Å². The average Bonchev–Trinajstić information content (AvgIpc) is 2.54. The monoisotopic (exact) mass is 292 g/mol. The summed E-state index contributed by atoms with van der Waals surface area (Å²) in [7, 11) is 0. The lowest BCUT2D eigenvalue weighted by atomic mass is 10.1. The van der Waals surface area contributed by atoms with Gasteiger partial charge < -0.3 is 20.5 Å². The van der Waals surface area contributed by atoms with Crippen LogP contribution in [0.25, 0.3) is 0 Å². The summed E-state index contributed by atoms with van der Waals surface area (Å²) in [6.07, 6.45) is 2.89. The van der Waals surface area contributed by atoms with Gasteiger partial charge in [-0.15, -0.1) is 0 Å². The van der Waals surface area contributed by atoms with Gasteiger partial charge in [-0.25, -0.2) is 0 Å². The van der Waals surface area contributed by atoms with Crippen molar-refractivity contribution < 1.29 is 14.3 Å². The van der Waals surface area contributed by atoms with Gasteiger partial charge in [-0.2, -0.15) is 0 Å². The molecule has 0 aliphatic carbocycles. The molecule has 0 radical (unpaired) electrons. The van der Waals surface area contributed by atoms with Crippen LogP contribution in [0.15, 0.2) is 24.3 Å². The zero-order chi connectivity index (χ0) is 15.1. The van der Waals surface area contributed by atoms with Crippen LogP contribution in [0.5, 0.6) is 0 Å². The quantitative estimate of drug-likeness (QED) is 0.841.